The van der Waals surface area contributed by atoms with Crippen LogP contribution >= 0.6 is 0 Å². The second-order valence-corrected chi connectivity index (χ2v) is 5.72. The maximum Gasteiger partial charge on any atom is 0.435 e. The average molecular weight is 331 g/mol. The Bertz CT molecular complexity index is 860. The van der Waals surface area contributed by atoms with Crippen LogP contribution in [-0.4, -0.2) is 9.78 Å². The molecule has 0 unspecified atom stereocenters. The number of alkyl halides is 3. The van der Waals surface area contributed by atoms with E-state index in [0.717, 1.165) is 15.8 Å². The van der Waals surface area contributed by atoms with Gasteiger partial charge >= 0.3 is 6.18 Å². The fraction of sp³-hybridized carbons (Fsp3) is 0.167. The topological polar surface area (TPSA) is 43.8 Å². The second-order valence-electron chi connectivity index (χ2n) is 5.72. The Morgan fingerprint density at radius 1 is 0.875 bits per heavy atom. The minimum atomic E-state index is -4.59. The molecule has 24 heavy (non-hydrogen) atoms. The molecule has 0 aliphatic rings. The van der Waals surface area contributed by atoms with E-state index < -0.39 is 11.9 Å². The summed E-state index contributed by atoms with van der Waals surface area (Å²) in [5, 5.41) is 3.75. The van der Waals surface area contributed by atoms with Gasteiger partial charge in [0.1, 0.15) is 5.82 Å². The molecule has 0 aliphatic carbocycles. The molecule has 124 valence electrons. The van der Waals surface area contributed by atoms with Gasteiger partial charge in [0.15, 0.2) is 5.69 Å². The number of aryl methyl sites for hydroxylation is 2. The van der Waals surface area contributed by atoms with Crippen molar-refractivity contribution in [2.24, 2.45) is 0 Å². The van der Waals surface area contributed by atoms with E-state index in [1.807, 2.05) is 13.8 Å². The standard InChI is InChI=1S/C18H16F3N3/c1-11-3-7-13(8-4-11)15-16(18(19,20)21)23-24(17(15)22)14-9-5-12(2)6-10-14/h3-10H,22H2,1-2H3. The third-order valence-corrected chi connectivity index (χ3v) is 3.81. The number of hydrogen-bond acceptors (Lipinski definition) is 2. The van der Waals surface area contributed by atoms with Crippen LogP contribution in [0.1, 0.15) is 16.8 Å². The molecular weight excluding hydrogens is 315 g/mol. The molecule has 0 aliphatic heterocycles. The Balaban J connectivity index is 2.23. The van der Waals surface area contributed by atoms with Crippen molar-refractivity contribution < 1.29 is 13.2 Å². The lowest BCUT2D eigenvalue weighted by atomic mass is 10.0. The molecular formula is C18H16F3N3. The molecule has 0 saturated heterocycles. The van der Waals surface area contributed by atoms with Gasteiger partial charge in [-0.25, -0.2) is 4.68 Å². The molecule has 0 saturated carbocycles. The summed E-state index contributed by atoms with van der Waals surface area (Å²) in [6, 6.07) is 13.7. The average Bonchev–Trinajstić information content (AvgIpc) is 2.87. The highest BCUT2D eigenvalue weighted by Crippen LogP contribution is 2.40. The van der Waals surface area contributed by atoms with E-state index in [0.29, 0.717) is 11.3 Å². The van der Waals surface area contributed by atoms with Gasteiger partial charge in [0.25, 0.3) is 0 Å². The van der Waals surface area contributed by atoms with Gasteiger partial charge in [-0.1, -0.05) is 47.5 Å². The van der Waals surface area contributed by atoms with Gasteiger partial charge in [0.05, 0.1) is 11.3 Å². The number of nitrogens with zero attached hydrogens (tertiary/aromatic N) is 2. The van der Waals surface area contributed by atoms with Crippen LogP contribution in [0.4, 0.5) is 19.0 Å². The van der Waals surface area contributed by atoms with Crippen molar-refractivity contribution in [1.82, 2.24) is 9.78 Å². The minimum absolute atomic E-state index is 0.0324. The van der Waals surface area contributed by atoms with Gasteiger partial charge in [-0.15, -0.1) is 0 Å². The van der Waals surface area contributed by atoms with Crippen molar-refractivity contribution in [2.45, 2.75) is 20.0 Å². The Labute approximate surface area is 137 Å². The summed E-state index contributed by atoms with van der Waals surface area (Å²) in [4.78, 5) is 0. The Kier molecular flexibility index (Phi) is 3.83. The number of nitrogen functional groups attached to an aromatic ring is 1. The van der Waals surface area contributed by atoms with Crippen LogP contribution in [0.5, 0.6) is 0 Å². The lowest BCUT2D eigenvalue weighted by Crippen LogP contribution is -2.08. The molecule has 2 aromatic carbocycles. The van der Waals surface area contributed by atoms with E-state index in [4.69, 9.17) is 5.73 Å². The predicted octanol–water partition coefficient (Wildman–Crippen LogP) is 4.76. The van der Waals surface area contributed by atoms with Crippen LogP contribution in [0.25, 0.3) is 16.8 Å². The van der Waals surface area contributed by atoms with Crippen LogP contribution in [0.2, 0.25) is 0 Å². The Hall–Kier alpha value is -2.76. The highest BCUT2D eigenvalue weighted by atomic mass is 19.4. The van der Waals surface area contributed by atoms with Gasteiger partial charge < -0.3 is 5.73 Å². The van der Waals surface area contributed by atoms with E-state index in [2.05, 4.69) is 5.10 Å². The maximum absolute atomic E-state index is 13.5. The molecule has 0 amide bonds. The Morgan fingerprint density at radius 3 is 1.88 bits per heavy atom. The number of rotatable bonds is 2. The summed E-state index contributed by atoms with van der Waals surface area (Å²) in [6.45, 7) is 3.77. The van der Waals surface area contributed by atoms with Crippen molar-refractivity contribution in [3.05, 3.63) is 65.4 Å². The molecule has 3 aromatic rings. The lowest BCUT2D eigenvalue weighted by Gasteiger charge is -2.07. The van der Waals surface area contributed by atoms with E-state index in [9.17, 15) is 13.2 Å². The molecule has 2 N–H and O–H groups in total. The summed E-state index contributed by atoms with van der Waals surface area (Å²) in [7, 11) is 0. The molecule has 3 nitrogen and oxygen atoms in total. The van der Waals surface area contributed by atoms with Crippen molar-refractivity contribution in [2.75, 3.05) is 5.73 Å². The van der Waals surface area contributed by atoms with Gasteiger partial charge in [-0.05, 0) is 31.5 Å². The zero-order valence-corrected chi connectivity index (χ0v) is 13.2. The minimum Gasteiger partial charge on any atom is -0.383 e. The molecule has 3 rings (SSSR count). The van der Waals surface area contributed by atoms with Gasteiger partial charge in [0.2, 0.25) is 0 Å². The largest absolute Gasteiger partial charge is 0.435 e. The SMILES string of the molecule is Cc1ccc(-c2c(C(F)(F)F)nn(-c3ccc(C)cc3)c2N)cc1. The van der Waals surface area contributed by atoms with Crippen LogP contribution in [0.15, 0.2) is 48.5 Å². The van der Waals surface area contributed by atoms with Crippen LogP contribution < -0.4 is 5.73 Å². The number of nitrogens with two attached hydrogens (primary N) is 1. The molecule has 1 heterocycles. The predicted molar refractivity (Wildman–Crippen MR) is 87.9 cm³/mol. The quantitative estimate of drug-likeness (QED) is 0.736. The number of halogens is 3. The first-order valence-corrected chi connectivity index (χ1v) is 7.37. The maximum atomic E-state index is 13.5. The third kappa shape index (κ3) is 2.87. The first-order chi connectivity index (χ1) is 11.3. The first kappa shape index (κ1) is 16.1. The monoisotopic (exact) mass is 331 g/mol. The summed E-state index contributed by atoms with van der Waals surface area (Å²) in [5.74, 6) is -0.0324. The fourth-order valence-electron chi connectivity index (χ4n) is 2.52. The van der Waals surface area contributed by atoms with Crippen LogP contribution in [0, 0.1) is 13.8 Å². The van der Waals surface area contributed by atoms with Gasteiger partial charge in [-0.2, -0.15) is 18.3 Å². The summed E-state index contributed by atoms with van der Waals surface area (Å²) < 4.78 is 41.5. The normalized spacial score (nSPS) is 11.7. The van der Waals surface area contributed by atoms with E-state index in [1.54, 1.807) is 48.5 Å². The number of benzene rings is 2. The van der Waals surface area contributed by atoms with Crippen LogP contribution in [-0.2, 0) is 6.18 Å². The van der Waals surface area contributed by atoms with Crippen molar-refractivity contribution >= 4 is 5.82 Å². The molecule has 1 aromatic heterocycles. The van der Waals surface area contributed by atoms with Crippen molar-refractivity contribution in [1.29, 1.82) is 0 Å². The van der Waals surface area contributed by atoms with Gasteiger partial charge in [-0.3, -0.25) is 0 Å². The van der Waals surface area contributed by atoms with E-state index >= 15 is 0 Å². The van der Waals surface area contributed by atoms with Gasteiger partial charge in [0, 0.05) is 0 Å². The van der Waals surface area contributed by atoms with E-state index in [-0.39, 0.29) is 11.4 Å². The van der Waals surface area contributed by atoms with Crippen molar-refractivity contribution in [3.63, 3.8) is 0 Å². The Morgan fingerprint density at radius 2 is 1.38 bits per heavy atom. The summed E-state index contributed by atoms with van der Waals surface area (Å²) in [5.41, 5.74) is 7.80. The molecule has 0 spiro atoms. The van der Waals surface area contributed by atoms with Crippen molar-refractivity contribution in [3.8, 4) is 16.8 Å². The number of hydrogen-bond donors (Lipinski definition) is 1. The zero-order valence-electron chi connectivity index (χ0n) is 13.2. The fourth-order valence-corrected chi connectivity index (χ4v) is 2.52. The molecule has 6 heteroatoms. The highest BCUT2D eigenvalue weighted by Gasteiger charge is 2.39. The highest BCUT2D eigenvalue weighted by molar-refractivity contribution is 5.78. The smallest absolute Gasteiger partial charge is 0.383 e. The van der Waals surface area contributed by atoms with Crippen LogP contribution in [0.3, 0.4) is 0 Å². The molecule has 0 atom stereocenters. The lowest BCUT2D eigenvalue weighted by molar-refractivity contribution is -0.140. The first-order valence-electron chi connectivity index (χ1n) is 7.37. The second kappa shape index (κ2) is 5.70. The molecule has 0 radical (unpaired) electrons. The van der Waals surface area contributed by atoms with E-state index in [1.165, 1.54) is 0 Å². The number of aromatic nitrogens is 2. The summed E-state index contributed by atoms with van der Waals surface area (Å²) in [6.07, 6.45) is -4.59. The molecule has 0 fully saturated rings. The summed E-state index contributed by atoms with van der Waals surface area (Å²) >= 11 is 0. The number of anilines is 1. The zero-order chi connectivity index (χ0) is 17.5. The molecule has 0 bridgehead atoms. The third-order valence-electron chi connectivity index (χ3n) is 3.81.